The van der Waals surface area contributed by atoms with Gasteiger partial charge in [0.05, 0.1) is 16.3 Å². The van der Waals surface area contributed by atoms with E-state index in [1.807, 2.05) is 26.0 Å². The van der Waals surface area contributed by atoms with E-state index >= 15 is 0 Å². The summed E-state index contributed by atoms with van der Waals surface area (Å²) in [5, 5.41) is 7.42. The smallest absolute Gasteiger partial charge is 0.262 e. The van der Waals surface area contributed by atoms with Crippen LogP contribution in [0.25, 0.3) is 0 Å². The summed E-state index contributed by atoms with van der Waals surface area (Å²) in [6.45, 7) is 5.88. The SMILES string of the molecule is CC(C)C(NC(=O)c1ccc(Cl)c(Cl)c1)C(=O)N/N=C\c1ccc(N2CCCC2)cc1. The number of amides is 2. The quantitative estimate of drug-likeness (QED) is 0.471. The highest BCUT2D eigenvalue weighted by atomic mass is 35.5. The molecule has 2 aromatic carbocycles. The largest absolute Gasteiger partial charge is 0.372 e. The van der Waals surface area contributed by atoms with E-state index in [1.54, 1.807) is 18.3 Å². The summed E-state index contributed by atoms with van der Waals surface area (Å²) in [5.41, 5.74) is 4.92. The van der Waals surface area contributed by atoms with Crippen LogP contribution in [0.1, 0.15) is 42.6 Å². The average Bonchev–Trinajstić information content (AvgIpc) is 3.29. The summed E-state index contributed by atoms with van der Waals surface area (Å²) < 4.78 is 0. The summed E-state index contributed by atoms with van der Waals surface area (Å²) in [5.74, 6) is -0.941. The van der Waals surface area contributed by atoms with E-state index in [2.05, 4.69) is 32.9 Å². The summed E-state index contributed by atoms with van der Waals surface area (Å²) >= 11 is 11.9. The molecule has 8 heteroatoms. The number of rotatable bonds is 7. The molecule has 2 amide bonds. The van der Waals surface area contributed by atoms with Crippen molar-refractivity contribution in [1.82, 2.24) is 10.7 Å². The lowest BCUT2D eigenvalue weighted by Gasteiger charge is -2.20. The molecule has 2 N–H and O–H groups in total. The predicted octanol–water partition coefficient (Wildman–Crippen LogP) is 4.50. The minimum Gasteiger partial charge on any atom is -0.372 e. The standard InChI is InChI=1S/C23H26Cl2N4O2/c1-15(2)21(27-22(30)17-7-10-19(24)20(25)13-17)23(31)28-26-14-16-5-8-18(9-6-16)29-11-3-4-12-29/h5-10,13-15,21H,3-4,11-12H2,1-2H3,(H,27,30)(H,28,31)/b26-14-. The fourth-order valence-corrected chi connectivity index (χ4v) is 3.68. The van der Waals surface area contributed by atoms with Crippen molar-refractivity contribution in [3.63, 3.8) is 0 Å². The third kappa shape index (κ3) is 6.21. The Morgan fingerprint density at radius 1 is 1.03 bits per heavy atom. The molecule has 1 unspecified atom stereocenters. The predicted molar refractivity (Wildman–Crippen MR) is 126 cm³/mol. The molecule has 1 aliphatic heterocycles. The third-order valence-electron chi connectivity index (χ3n) is 5.17. The van der Waals surface area contributed by atoms with E-state index in [0.717, 1.165) is 18.7 Å². The lowest BCUT2D eigenvalue weighted by Crippen LogP contribution is -2.48. The van der Waals surface area contributed by atoms with E-state index in [0.29, 0.717) is 10.6 Å². The molecule has 0 aliphatic carbocycles. The molecular formula is C23H26Cl2N4O2. The molecule has 0 aromatic heterocycles. The van der Waals surface area contributed by atoms with Gasteiger partial charge in [0.2, 0.25) is 0 Å². The molecule has 31 heavy (non-hydrogen) atoms. The molecular weight excluding hydrogens is 435 g/mol. The molecule has 0 bridgehead atoms. The van der Waals surface area contributed by atoms with E-state index in [1.165, 1.54) is 24.6 Å². The van der Waals surface area contributed by atoms with Crippen LogP contribution in [-0.2, 0) is 4.79 Å². The highest BCUT2D eigenvalue weighted by molar-refractivity contribution is 6.42. The topological polar surface area (TPSA) is 73.8 Å². The number of nitrogens with one attached hydrogen (secondary N) is 2. The molecule has 1 aliphatic rings. The van der Waals surface area contributed by atoms with Gasteiger partial charge in [-0.25, -0.2) is 5.43 Å². The van der Waals surface area contributed by atoms with Crippen molar-refractivity contribution < 1.29 is 9.59 Å². The Morgan fingerprint density at radius 2 is 1.71 bits per heavy atom. The van der Waals surface area contributed by atoms with Crippen LogP contribution in [0, 0.1) is 5.92 Å². The fraction of sp³-hybridized carbons (Fsp3) is 0.348. The Labute approximate surface area is 192 Å². The van der Waals surface area contributed by atoms with Gasteiger partial charge in [-0.3, -0.25) is 9.59 Å². The Balaban J connectivity index is 1.58. The third-order valence-corrected chi connectivity index (χ3v) is 5.91. The van der Waals surface area contributed by atoms with Gasteiger partial charge in [-0.2, -0.15) is 5.10 Å². The summed E-state index contributed by atoms with van der Waals surface area (Å²) in [6, 6.07) is 11.9. The lowest BCUT2D eigenvalue weighted by molar-refractivity contribution is -0.123. The molecule has 2 aromatic rings. The lowest BCUT2D eigenvalue weighted by atomic mass is 10.0. The number of benzene rings is 2. The zero-order chi connectivity index (χ0) is 22.4. The highest BCUT2D eigenvalue weighted by Crippen LogP contribution is 2.23. The number of hydrazone groups is 1. The highest BCUT2D eigenvalue weighted by Gasteiger charge is 2.24. The van der Waals surface area contributed by atoms with Crippen LogP contribution in [0.2, 0.25) is 10.0 Å². The van der Waals surface area contributed by atoms with Crippen LogP contribution in [0.5, 0.6) is 0 Å². The van der Waals surface area contributed by atoms with Gasteiger partial charge in [0.15, 0.2) is 0 Å². The van der Waals surface area contributed by atoms with Gasteiger partial charge in [-0.05, 0) is 54.7 Å². The summed E-state index contributed by atoms with van der Waals surface area (Å²) in [7, 11) is 0. The second-order valence-corrected chi connectivity index (χ2v) is 8.66. The second-order valence-electron chi connectivity index (χ2n) is 7.84. The minimum absolute atomic E-state index is 0.137. The number of hydrogen-bond acceptors (Lipinski definition) is 4. The Bertz CT molecular complexity index is 955. The molecule has 0 radical (unpaired) electrons. The number of halogens is 2. The number of hydrogen-bond donors (Lipinski definition) is 2. The van der Waals surface area contributed by atoms with E-state index < -0.39 is 17.9 Å². The molecule has 164 valence electrons. The zero-order valence-corrected chi connectivity index (χ0v) is 19.1. The van der Waals surface area contributed by atoms with Crippen molar-refractivity contribution in [3.8, 4) is 0 Å². The minimum atomic E-state index is -0.753. The fourth-order valence-electron chi connectivity index (χ4n) is 3.38. The molecule has 1 heterocycles. The molecule has 1 fully saturated rings. The van der Waals surface area contributed by atoms with Crippen molar-refractivity contribution in [2.24, 2.45) is 11.0 Å². The van der Waals surface area contributed by atoms with Gasteiger partial charge in [0, 0.05) is 24.3 Å². The Kier molecular flexibility index (Phi) is 7.93. The molecule has 0 saturated carbocycles. The van der Waals surface area contributed by atoms with Crippen LogP contribution in [-0.4, -0.2) is 37.2 Å². The molecule has 0 spiro atoms. The van der Waals surface area contributed by atoms with Crippen LogP contribution < -0.4 is 15.6 Å². The van der Waals surface area contributed by atoms with E-state index in [-0.39, 0.29) is 10.9 Å². The van der Waals surface area contributed by atoms with Crippen LogP contribution in [0.15, 0.2) is 47.6 Å². The van der Waals surface area contributed by atoms with Crippen molar-refractivity contribution in [3.05, 3.63) is 63.6 Å². The molecule has 1 atom stereocenters. The summed E-state index contributed by atoms with van der Waals surface area (Å²) in [6.07, 6.45) is 4.05. The normalized spacial score (nSPS) is 14.8. The molecule has 6 nitrogen and oxygen atoms in total. The van der Waals surface area contributed by atoms with Crippen molar-refractivity contribution in [2.45, 2.75) is 32.7 Å². The van der Waals surface area contributed by atoms with Crippen LogP contribution >= 0.6 is 23.2 Å². The first-order chi connectivity index (χ1) is 14.8. The van der Waals surface area contributed by atoms with Gasteiger partial charge in [0.1, 0.15) is 6.04 Å². The van der Waals surface area contributed by atoms with Crippen LogP contribution in [0.3, 0.4) is 0 Å². The van der Waals surface area contributed by atoms with Gasteiger partial charge in [-0.15, -0.1) is 0 Å². The van der Waals surface area contributed by atoms with Gasteiger partial charge in [0.25, 0.3) is 11.8 Å². The van der Waals surface area contributed by atoms with E-state index in [9.17, 15) is 9.59 Å². The number of nitrogens with zero attached hydrogens (tertiary/aromatic N) is 2. The number of carbonyl (C=O) groups is 2. The first kappa shape index (κ1) is 23.1. The van der Waals surface area contributed by atoms with Gasteiger partial charge in [-0.1, -0.05) is 49.2 Å². The maximum Gasteiger partial charge on any atom is 0.262 e. The first-order valence-corrected chi connectivity index (χ1v) is 11.0. The van der Waals surface area contributed by atoms with E-state index in [4.69, 9.17) is 23.2 Å². The molecule has 1 saturated heterocycles. The maximum atomic E-state index is 12.6. The Morgan fingerprint density at radius 3 is 2.32 bits per heavy atom. The molecule has 3 rings (SSSR count). The Hall–Kier alpha value is -2.57. The second kappa shape index (κ2) is 10.6. The van der Waals surface area contributed by atoms with Crippen molar-refractivity contribution in [2.75, 3.05) is 18.0 Å². The summed E-state index contributed by atoms with van der Waals surface area (Å²) in [4.78, 5) is 27.5. The monoisotopic (exact) mass is 460 g/mol. The first-order valence-electron chi connectivity index (χ1n) is 10.3. The van der Waals surface area contributed by atoms with Crippen molar-refractivity contribution >= 4 is 46.9 Å². The number of carbonyl (C=O) groups excluding carboxylic acids is 2. The average molecular weight is 461 g/mol. The van der Waals surface area contributed by atoms with Gasteiger partial charge < -0.3 is 10.2 Å². The van der Waals surface area contributed by atoms with Gasteiger partial charge >= 0.3 is 0 Å². The zero-order valence-electron chi connectivity index (χ0n) is 17.6. The maximum absolute atomic E-state index is 12.6. The number of anilines is 1. The van der Waals surface area contributed by atoms with Crippen molar-refractivity contribution in [1.29, 1.82) is 0 Å². The van der Waals surface area contributed by atoms with Crippen LogP contribution in [0.4, 0.5) is 5.69 Å².